The number of fused-ring (bicyclic) bond motifs is 2. The van der Waals surface area contributed by atoms with E-state index in [0.29, 0.717) is 24.8 Å². The third-order valence-electron chi connectivity index (χ3n) is 8.88. The van der Waals surface area contributed by atoms with Gasteiger partial charge in [-0.3, -0.25) is 4.79 Å². The minimum absolute atomic E-state index is 0.0966. The molecule has 144 valence electrons. The SMILES string of the molecule is C=C1C(=O)[C@@]23[C@@H](O)[C@@H]1CC[C@H]2[C@@]12CO[C@]3(O)[C@@H](O)[C@@H]1C(C)(C)CC[C@@H]2O. The van der Waals surface area contributed by atoms with Crippen molar-refractivity contribution in [3.8, 4) is 0 Å². The number of carbonyl (C=O) groups excluding carboxylic acids is 1. The standard InChI is InChI=1S/C20H28O6/c1-9-10-4-5-11-18-8-26-20(25,19(11,14(9)22)15(10)23)16(24)13(18)17(2,3)7-6-12(18)21/h10-13,15-16,21,23-25H,1,4-8H2,2-3H3/t10-,11+,12+,13-,15+,16+,18-,19-,20-/m1/s1. The molecule has 0 aromatic carbocycles. The Morgan fingerprint density at radius 1 is 1.12 bits per heavy atom. The second kappa shape index (κ2) is 4.61. The molecule has 6 nitrogen and oxygen atoms in total. The summed E-state index contributed by atoms with van der Waals surface area (Å²) in [4.78, 5) is 13.3. The fourth-order valence-electron chi connectivity index (χ4n) is 7.90. The molecule has 26 heavy (non-hydrogen) atoms. The molecule has 2 saturated heterocycles. The molecule has 2 heterocycles. The molecule has 0 aromatic rings. The summed E-state index contributed by atoms with van der Waals surface area (Å²) in [6, 6.07) is 0. The molecule has 4 aliphatic carbocycles. The van der Waals surface area contributed by atoms with Gasteiger partial charge >= 0.3 is 0 Å². The second-order valence-corrected chi connectivity index (χ2v) is 9.97. The van der Waals surface area contributed by atoms with E-state index in [9.17, 15) is 25.2 Å². The van der Waals surface area contributed by atoms with Gasteiger partial charge < -0.3 is 25.2 Å². The molecular formula is C20H28O6. The number of ketones is 1. The normalized spacial score (nSPS) is 59.9. The highest BCUT2D eigenvalue weighted by atomic mass is 16.6. The Bertz CT molecular complexity index is 717. The van der Waals surface area contributed by atoms with Gasteiger partial charge in [0, 0.05) is 17.3 Å². The van der Waals surface area contributed by atoms with E-state index < -0.39 is 58.5 Å². The van der Waals surface area contributed by atoms with E-state index in [2.05, 4.69) is 6.58 Å². The van der Waals surface area contributed by atoms with E-state index in [1.54, 1.807) is 0 Å². The Morgan fingerprint density at radius 3 is 2.50 bits per heavy atom. The van der Waals surface area contributed by atoms with Crippen LogP contribution in [0.25, 0.3) is 0 Å². The van der Waals surface area contributed by atoms with Crippen molar-refractivity contribution in [1.82, 2.24) is 0 Å². The monoisotopic (exact) mass is 364 g/mol. The Hall–Kier alpha value is -0.790. The van der Waals surface area contributed by atoms with Crippen molar-refractivity contribution in [2.24, 2.45) is 34.0 Å². The van der Waals surface area contributed by atoms with Gasteiger partial charge in [-0.2, -0.15) is 0 Å². The molecule has 6 fully saturated rings. The molecule has 6 rings (SSSR count). The van der Waals surface area contributed by atoms with Gasteiger partial charge in [0.15, 0.2) is 5.78 Å². The second-order valence-electron chi connectivity index (χ2n) is 9.97. The zero-order valence-corrected chi connectivity index (χ0v) is 15.3. The molecule has 6 heteroatoms. The molecule has 0 unspecified atom stereocenters. The first-order valence-electron chi connectivity index (χ1n) is 9.71. The zero-order valence-electron chi connectivity index (χ0n) is 15.3. The van der Waals surface area contributed by atoms with Gasteiger partial charge in [-0.1, -0.05) is 20.4 Å². The Kier molecular flexibility index (Phi) is 3.07. The molecule has 9 atom stereocenters. The van der Waals surface area contributed by atoms with Crippen LogP contribution >= 0.6 is 0 Å². The Balaban J connectivity index is 1.81. The van der Waals surface area contributed by atoms with Crippen LogP contribution in [0.3, 0.4) is 0 Å². The van der Waals surface area contributed by atoms with Crippen LogP contribution in [0.5, 0.6) is 0 Å². The predicted octanol–water partition coefficient (Wildman–Crippen LogP) is 0.376. The van der Waals surface area contributed by atoms with Crippen LogP contribution in [0.15, 0.2) is 12.2 Å². The molecule has 0 amide bonds. The largest absolute Gasteiger partial charge is 0.392 e. The van der Waals surface area contributed by atoms with Crippen LogP contribution in [0.1, 0.15) is 39.5 Å². The molecule has 2 aliphatic heterocycles. The highest BCUT2D eigenvalue weighted by molar-refractivity contribution is 6.05. The van der Waals surface area contributed by atoms with Crippen LogP contribution < -0.4 is 0 Å². The molecule has 6 aliphatic rings. The maximum atomic E-state index is 13.3. The quantitative estimate of drug-likeness (QED) is 0.463. The summed E-state index contributed by atoms with van der Waals surface area (Å²) in [6.07, 6.45) is -0.747. The molecule has 0 aromatic heterocycles. The fraction of sp³-hybridized carbons (Fsp3) is 0.850. The van der Waals surface area contributed by atoms with Crippen molar-refractivity contribution in [2.45, 2.75) is 63.6 Å². The zero-order chi connectivity index (χ0) is 18.9. The first kappa shape index (κ1) is 17.3. The van der Waals surface area contributed by atoms with Crippen LogP contribution in [0.2, 0.25) is 0 Å². The van der Waals surface area contributed by atoms with E-state index in [1.165, 1.54) is 0 Å². The first-order valence-corrected chi connectivity index (χ1v) is 9.71. The van der Waals surface area contributed by atoms with Crippen molar-refractivity contribution < 1.29 is 30.0 Å². The minimum Gasteiger partial charge on any atom is -0.392 e. The maximum absolute atomic E-state index is 13.3. The van der Waals surface area contributed by atoms with Crippen molar-refractivity contribution in [2.75, 3.05) is 6.61 Å². The van der Waals surface area contributed by atoms with Crippen molar-refractivity contribution in [3.05, 3.63) is 12.2 Å². The Labute approximate surface area is 152 Å². The number of carbonyl (C=O) groups is 1. The van der Waals surface area contributed by atoms with Crippen LogP contribution in [-0.2, 0) is 9.53 Å². The lowest BCUT2D eigenvalue weighted by Gasteiger charge is -2.74. The summed E-state index contributed by atoms with van der Waals surface area (Å²) in [5.74, 6) is -3.80. The molecular weight excluding hydrogens is 336 g/mol. The van der Waals surface area contributed by atoms with Gasteiger partial charge in [0.25, 0.3) is 0 Å². The summed E-state index contributed by atoms with van der Waals surface area (Å²) in [7, 11) is 0. The van der Waals surface area contributed by atoms with Crippen molar-refractivity contribution in [1.29, 1.82) is 0 Å². The maximum Gasteiger partial charge on any atom is 0.208 e. The van der Waals surface area contributed by atoms with E-state index in [0.717, 1.165) is 6.42 Å². The predicted molar refractivity (Wildman–Crippen MR) is 90.7 cm³/mol. The van der Waals surface area contributed by atoms with Gasteiger partial charge in [-0.05, 0) is 42.6 Å². The van der Waals surface area contributed by atoms with E-state index in [-0.39, 0.29) is 12.0 Å². The Morgan fingerprint density at radius 2 is 1.81 bits per heavy atom. The number of hydrogen-bond donors (Lipinski definition) is 4. The van der Waals surface area contributed by atoms with Gasteiger partial charge in [-0.15, -0.1) is 0 Å². The number of ether oxygens (including phenoxy) is 1. The fourth-order valence-corrected chi connectivity index (χ4v) is 7.90. The topological polar surface area (TPSA) is 107 Å². The highest BCUT2D eigenvalue weighted by Gasteiger charge is 2.86. The number of rotatable bonds is 0. The van der Waals surface area contributed by atoms with Crippen molar-refractivity contribution >= 4 is 5.78 Å². The summed E-state index contributed by atoms with van der Waals surface area (Å²) < 4.78 is 5.80. The van der Waals surface area contributed by atoms with E-state index >= 15 is 0 Å². The summed E-state index contributed by atoms with van der Waals surface area (Å²) in [5, 5.41) is 45.1. The van der Waals surface area contributed by atoms with Gasteiger partial charge in [0.2, 0.25) is 5.79 Å². The van der Waals surface area contributed by atoms with Crippen LogP contribution in [-0.4, -0.2) is 56.9 Å². The van der Waals surface area contributed by atoms with E-state index in [1.807, 2.05) is 13.8 Å². The third kappa shape index (κ3) is 1.41. The van der Waals surface area contributed by atoms with E-state index in [4.69, 9.17) is 4.74 Å². The molecule has 2 spiro atoms. The average Bonchev–Trinajstić information content (AvgIpc) is 2.69. The first-order chi connectivity index (χ1) is 12.1. The van der Waals surface area contributed by atoms with Gasteiger partial charge in [0.1, 0.15) is 11.5 Å². The minimum atomic E-state index is -2.15. The lowest BCUT2D eigenvalue weighted by atomic mass is 9.35. The number of Topliss-reactive ketones (excluding diaryl/α,β-unsaturated/α-hetero) is 1. The number of hydrogen-bond acceptors (Lipinski definition) is 6. The summed E-state index contributed by atoms with van der Waals surface area (Å²) in [5.41, 5.74) is -2.49. The van der Waals surface area contributed by atoms with Crippen molar-refractivity contribution in [3.63, 3.8) is 0 Å². The molecule has 4 bridgehead atoms. The molecule has 0 radical (unpaired) electrons. The number of aliphatic hydroxyl groups excluding tert-OH is 3. The van der Waals surface area contributed by atoms with Gasteiger partial charge in [-0.25, -0.2) is 0 Å². The number of aliphatic hydroxyl groups is 4. The highest BCUT2D eigenvalue weighted by Crippen LogP contribution is 2.76. The van der Waals surface area contributed by atoms with Gasteiger partial charge in [0.05, 0.1) is 18.8 Å². The summed E-state index contributed by atoms with van der Waals surface area (Å²) >= 11 is 0. The third-order valence-corrected chi connectivity index (χ3v) is 8.88. The molecule has 4 N–H and O–H groups in total. The van der Waals surface area contributed by atoms with Crippen LogP contribution in [0, 0.1) is 34.0 Å². The van der Waals surface area contributed by atoms with Crippen LogP contribution in [0.4, 0.5) is 0 Å². The summed E-state index contributed by atoms with van der Waals surface area (Å²) in [6.45, 7) is 8.07. The average molecular weight is 364 g/mol. The lowest BCUT2D eigenvalue weighted by molar-refractivity contribution is -0.458. The molecule has 4 saturated carbocycles. The lowest BCUT2D eigenvalue weighted by Crippen LogP contribution is -2.85. The smallest absolute Gasteiger partial charge is 0.208 e.